The van der Waals surface area contributed by atoms with Crippen molar-refractivity contribution in [3.63, 3.8) is 0 Å². The van der Waals surface area contributed by atoms with Gasteiger partial charge in [0.15, 0.2) is 0 Å². The number of aliphatic hydroxyl groups excluding tert-OH is 2. The van der Waals surface area contributed by atoms with E-state index in [2.05, 4.69) is 61.5 Å². The van der Waals surface area contributed by atoms with Gasteiger partial charge in [-0.1, -0.05) is 67.0 Å². The summed E-state index contributed by atoms with van der Waals surface area (Å²) in [6.07, 6.45) is 12.8. The van der Waals surface area contributed by atoms with Gasteiger partial charge in [0.25, 0.3) is 0 Å². The standard InChI is InChI=1S/C30H50O2/c1-25(2)13-14-27(5)15-16-29(7)19(20(27)17-25)9-10-22-28(6)12-11-23(32)26(3,4)24(28)21(31)18-30(22,29)8/h17,19,21-24,31-32H,9-16,18H2,1-8H3/t19?,21-,22?,23+,24?,27-,28-,29-,30-/m1/s1. The summed E-state index contributed by atoms with van der Waals surface area (Å²) >= 11 is 0. The summed E-state index contributed by atoms with van der Waals surface area (Å²) in [5.41, 5.74) is 2.80. The average molecular weight is 443 g/mol. The zero-order valence-corrected chi connectivity index (χ0v) is 22.2. The smallest absolute Gasteiger partial charge is 0.0595 e. The van der Waals surface area contributed by atoms with E-state index in [1.807, 2.05) is 0 Å². The lowest BCUT2D eigenvalue weighted by atomic mass is 9.32. The fraction of sp³-hybridized carbons (Fsp3) is 0.933. The summed E-state index contributed by atoms with van der Waals surface area (Å²) in [7, 11) is 0. The van der Waals surface area contributed by atoms with E-state index in [0.29, 0.717) is 22.7 Å². The van der Waals surface area contributed by atoms with E-state index in [0.717, 1.165) is 19.3 Å². The highest BCUT2D eigenvalue weighted by molar-refractivity contribution is 5.32. The van der Waals surface area contributed by atoms with Crippen molar-refractivity contribution < 1.29 is 10.2 Å². The molecule has 0 heterocycles. The second kappa shape index (κ2) is 6.66. The summed E-state index contributed by atoms with van der Waals surface area (Å²) < 4.78 is 0. The maximum Gasteiger partial charge on any atom is 0.0595 e. The SMILES string of the molecule is CC1(C)C=C2C3CCC4[C@@]5(C)CC[C@H](O)C(C)(C)C5[C@H](O)C[C@@]4(C)[C@]3(C)CC[C@@]2(C)CC1. The Morgan fingerprint density at radius 2 is 1.41 bits per heavy atom. The fourth-order valence-electron chi connectivity index (χ4n) is 10.8. The molecule has 0 aromatic rings. The quantitative estimate of drug-likeness (QED) is 0.391. The molecule has 4 saturated carbocycles. The van der Waals surface area contributed by atoms with Gasteiger partial charge in [-0.05, 0) is 108 Å². The van der Waals surface area contributed by atoms with Crippen LogP contribution in [0.3, 0.4) is 0 Å². The zero-order chi connectivity index (χ0) is 23.5. The van der Waals surface area contributed by atoms with E-state index in [9.17, 15) is 10.2 Å². The predicted molar refractivity (Wildman–Crippen MR) is 132 cm³/mol. The van der Waals surface area contributed by atoms with Gasteiger partial charge in [-0.25, -0.2) is 0 Å². The van der Waals surface area contributed by atoms with Crippen molar-refractivity contribution in [2.75, 3.05) is 0 Å². The molecule has 32 heavy (non-hydrogen) atoms. The maximum absolute atomic E-state index is 11.8. The van der Waals surface area contributed by atoms with Gasteiger partial charge in [-0.2, -0.15) is 0 Å². The van der Waals surface area contributed by atoms with E-state index < -0.39 is 0 Å². The first-order valence-corrected chi connectivity index (χ1v) is 13.7. The van der Waals surface area contributed by atoms with Gasteiger partial charge in [-0.15, -0.1) is 0 Å². The molecule has 0 amide bonds. The third-order valence-electron chi connectivity index (χ3n) is 12.9. The molecule has 2 heteroatoms. The van der Waals surface area contributed by atoms with E-state index in [4.69, 9.17) is 0 Å². The number of hydrogen-bond acceptors (Lipinski definition) is 2. The van der Waals surface area contributed by atoms with Crippen LogP contribution in [-0.2, 0) is 0 Å². The lowest BCUT2D eigenvalue weighted by Gasteiger charge is -2.73. The van der Waals surface area contributed by atoms with Crippen molar-refractivity contribution in [2.24, 2.45) is 50.2 Å². The molecular weight excluding hydrogens is 392 g/mol. The number of hydrogen-bond donors (Lipinski definition) is 2. The lowest BCUT2D eigenvalue weighted by molar-refractivity contribution is -0.262. The Balaban J connectivity index is 1.59. The highest BCUT2D eigenvalue weighted by atomic mass is 16.3. The van der Waals surface area contributed by atoms with Crippen molar-refractivity contribution in [1.29, 1.82) is 0 Å². The van der Waals surface area contributed by atoms with Crippen LogP contribution in [0.15, 0.2) is 11.6 Å². The molecule has 182 valence electrons. The van der Waals surface area contributed by atoms with E-state index in [1.165, 1.54) is 38.5 Å². The van der Waals surface area contributed by atoms with E-state index in [-0.39, 0.29) is 39.8 Å². The van der Waals surface area contributed by atoms with Crippen LogP contribution in [0, 0.1) is 50.2 Å². The normalized spacial score (nSPS) is 56.2. The summed E-state index contributed by atoms with van der Waals surface area (Å²) in [5, 5.41) is 22.7. The highest BCUT2D eigenvalue weighted by Gasteiger charge is 2.70. The molecule has 5 rings (SSSR count). The third-order valence-corrected chi connectivity index (χ3v) is 12.9. The van der Waals surface area contributed by atoms with Crippen molar-refractivity contribution in [3.8, 4) is 0 Å². The van der Waals surface area contributed by atoms with Gasteiger partial charge in [0.1, 0.15) is 0 Å². The summed E-state index contributed by atoms with van der Waals surface area (Å²) in [6, 6.07) is 0. The monoisotopic (exact) mass is 442 g/mol. The molecular formula is C30H50O2. The Hall–Kier alpha value is -0.340. The molecule has 2 N–H and O–H groups in total. The molecule has 0 saturated heterocycles. The molecule has 3 unspecified atom stereocenters. The second-order valence-electron chi connectivity index (χ2n) is 15.3. The van der Waals surface area contributed by atoms with Crippen LogP contribution in [0.2, 0.25) is 0 Å². The van der Waals surface area contributed by atoms with Gasteiger partial charge >= 0.3 is 0 Å². The molecule has 5 aliphatic carbocycles. The van der Waals surface area contributed by atoms with Gasteiger partial charge in [0.05, 0.1) is 12.2 Å². The van der Waals surface area contributed by atoms with E-state index in [1.54, 1.807) is 5.57 Å². The largest absolute Gasteiger partial charge is 0.393 e. The molecule has 0 spiro atoms. The Kier molecular flexibility index (Phi) is 4.87. The number of aliphatic hydroxyl groups is 2. The van der Waals surface area contributed by atoms with Crippen LogP contribution < -0.4 is 0 Å². The van der Waals surface area contributed by atoms with Gasteiger partial charge in [-0.3, -0.25) is 0 Å². The van der Waals surface area contributed by atoms with Crippen LogP contribution in [0.1, 0.15) is 113 Å². The third kappa shape index (κ3) is 2.78. The minimum atomic E-state index is -0.313. The van der Waals surface area contributed by atoms with Crippen LogP contribution >= 0.6 is 0 Å². The lowest BCUT2D eigenvalue weighted by Crippen LogP contribution is -2.69. The van der Waals surface area contributed by atoms with Gasteiger partial charge in [0.2, 0.25) is 0 Å². The molecule has 5 aliphatic rings. The number of allylic oxidation sites excluding steroid dienone is 2. The highest BCUT2D eigenvalue weighted by Crippen LogP contribution is 2.76. The van der Waals surface area contributed by atoms with Crippen LogP contribution in [0.5, 0.6) is 0 Å². The fourth-order valence-corrected chi connectivity index (χ4v) is 10.8. The summed E-state index contributed by atoms with van der Waals surface area (Å²) in [4.78, 5) is 0. The first-order chi connectivity index (χ1) is 14.6. The summed E-state index contributed by atoms with van der Waals surface area (Å²) in [5.74, 6) is 1.49. The minimum Gasteiger partial charge on any atom is -0.393 e. The first-order valence-electron chi connectivity index (χ1n) is 13.7. The molecule has 0 bridgehead atoms. The topological polar surface area (TPSA) is 40.5 Å². The van der Waals surface area contributed by atoms with Crippen molar-refractivity contribution in [1.82, 2.24) is 0 Å². The number of fused-ring (bicyclic) bond motifs is 7. The maximum atomic E-state index is 11.8. The van der Waals surface area contributed by atoms with Crippen LogP contribution in [-0.4, -0.2) is 22.4 Å². The van der Waals surface area contributed by atoms with Crippen molar-refractivity contribution in [3.05, 3.63) is 11.6 Å². The molecule has 0 radical (unpaired) electrons. The molecule has 0 aromatic carbocycles. The van der Waals surface area contributed by atoms with E-state index >= 15 is 0 Å². The Morgan fingerprint density at radius 1 is 0.750 bits per heavy atom. The molecule has 2 nitrogen and oxygen atoms in total. The van der Waals surface area contributed by atoms with Crippen LogP contribution in [0.4, 0.5) is 0 Å². The average Bonchev–Trinajstić information content (AvgIpc) is 2.67. The Labute approximate surface area is 197 Å². The zero-order valence-electron chi connectivity index (χ0n) is 22.2. The Bertz CT molecular complexity index is 825. The minimum absolute atomic E-state index is 0.115. The molecule has 0 aromatic heterocycles. The molecule has 0 aliphatic heterocycles. The van der Waals surface area contributed by atoms with Gasteiger partial charge < -0.3 is 10.2 Å². The van der Waals surface area contributed by atoms with Crippen molar-refractivity contribution in [2.45, 2.75) is 125 Å². The first kappa shape index (κ1) is 23.4. The summed E-state index contributed by atoms with van der Waals surface area (Å²) in [6.45, 7) is 19.6. The van der Waals surface area contributed by atoms with Gasteiger partial charge in [0, 0.05) is 0 Å². The molecule has 4 fully saturated rings. The number of rotatable bonds is 0. The Morgan fingerprint density at radius 3 is 2.09 bits per heavy atom. The van der Waals surface area contributed by atoms with Crippen molar-refractivity contribution >= 4 is 0 Å². The second-order valence-corrected chi connectivity index (χ2v) is 15.3. The van der Waals surface area contributed by atoms with Crippen LogP contribution in [0.25, 0.3) is 0 Å². The molecule has 9 atom stereocenters. The predicted octanol–water partition coefficient (Wildman–Crippen LogP) is 7.14.